The Labute approximate surface area is 367 Å². The number of carbonyl (C=O) groups is 3. The quantitative estimate of drug-likeness (QED) is 0.0499. The third kappa shape index (κ3) is 11.9. The third-order valence-electron chi connectivity index (χ3n) is 11.5. The summed E-state index contributed by atoms with van der Waals surface area (Å²) in [6.45, 7) is 12.6. The number of esters is 1. The molecule has 1 unspecified atom stereocenters. The zero-order valence-electron chi connectivity index (χ0n) is 36.7. The fourth-order valence-electron chi connectivity index (χ4n) is 7.20. The highest BCUT2D eigenvalue weighted by molar-refractivity contribution is 7.89. The highest BCUT2D eigenvalue weighted by atomic mass is 32.2. The van der Waals surface area contributed by atoms with Crippen molar-refractivity contribution in [1.29, 1.82) is 0 Å². The van der Waals surface area contributed by atoms with Crippen LogP contribution in [0.3, 0.4) is 0 Å². The number of nitrogens with zero attached hydrogens (tertiary/aromatic N) is 3. The fourth-order valence-corrected chi connectivity index (χ4v) is 8.84. The van der Waals surface area contributed by atoms with Gasteiger partial charge in [0, 0.05) is 75.3 Å². The Morgan fingerprint density at radius 3 is 2.21 bits per heavy atom. The first-order valence-electron chi connectivity index (χ1n) is 21.2. The molecule has 1 saturated heterocycles. The predicted molar refractivity (Wildman–Crippen MR) is 232 cm³/mol. The van der Waals surface area contributed by atoms with Crippen LogP contribution in [0.1, 0.15) is 92.1 Å². The number of carbonyl (C=O) groups excluding carboxylic acids is 3. The molecule has 1 fully saturated rings. The van der Waals surface area contributed by atoms with E-state index in [1.165, 1.54) is 18.2 Å². The lowest BCUT2D eigenvalue weighted by molar-refractivity contribution is -0.146. The maximum atomic E-state index is 14.1. The van der Waals surface area contributed by atoms with E-state index in [-0.39, 0.29) is 74.2 Å². The molecule has 0 aliphatic carbocycles. The fraction of sp³-hybridized carbons (Fsp3) is 0.478. The number of amidine groups is 1. The van der Waals surface area contributed by atoms with Gasteiger partial charge in [-0.2, -0.15) is 13.1 Å². The van der Waals surface area contributed by atoms with Crippen LogP contribution in [0.5, 0.6) is 5.75 Å². The number of hydrogen-bond acceptors (Lipinski definition) is 9. The summed E-state index contributed by atoms with van der Waals surface area (Å²) in [6.07, 6.45) is 4.70. The van der Waals surface area contributed by atoms with Gasteiger partial charge < -0.3 is 25.4 Å². The van der Waals surface area contributed by atoms with E-state index in [1.54, 1.807) is 25.1 Å². The molecule has 2 aliphatic rings. The van der Waals surface area contributed by atoms with Crippen LogP contribution in [0.4, 0.5) is 23.2 Å². The average molecular weight is 900 g/mol. The van der Waals surface area contributed by atoms with Crippen molar-refractivity contribution in [3.63, 3.8) is 0 Å². The summed E-state index contributed by atoms with van der Waals surface area (Å²) in [5, 5.41) is 2.88. The summed E-state index contributed by atoms with van der Waals surface area (Å²) in [5.41, 5.74) is 7.45. The molecule has 0 aromatic heterocycles. The Bertz CT molecular complexity index is 2340. The Morgan fingerprint density at radius 2 is 1.57 bits per heavy atom. The van der Waals surface area contributed by atoms with Crippen LogP contribution in [0, 0.1) is 34.6 Å². The Kier molecular flexibility index (Phi) is 16.0. The van der Waals surface area contributed by atoms with Gasteiger partial charge in [0.25, 0.3) is 0 Å². The van der Waals surface area contributed by atoms with E-state index >= 15 is 0 Å². The van der Waals surface area contributed by atoms with Crippen LogP contribution in [0.15, 0.2) is 64.0 Å². The SMILES string of the molecule is CCCN(CCC)C(=O)C1=Cc2ccc(-c3cccc(S(=O)(=O)N4CC(CNC(=O)CCC(C)(CC)OCCC(C)(C)C(=O)Oc5c(F)c(F)cc(F)c5F)C4)c3)cc2N=C(N)C1. The minimum absolute atomic E-state index is 0.00189. The molecule has 1 atom stereocenters. The summed E-state index contributed by atoms with van der Waals surface area (Å²) in [4.78, 5) is 45.6. The normalized spacial score (nSPS) is 15.6. The number of hydrogen-bond donors (Lipinski definition) is 2. The van der Waals surface area contributed by atoms with Crippen LogP contribution in [0.25, 0.3) is 17.2 Å². The van der Waals surface area contributed by atoms with E-state index in [9.17, 15) is 40.4 Å². The molecule has 0 bridgehead atoms. The highest BCUT2D eigenvalue weighted by Crippen LogP contribution is 2.35. The molecule has 5 rings (SSSR count). The van der Waals surface area contributed by atoms with E-state index < -0.39 is 56.0 Å². The predicted octanol–water partition coefficient (Wildman–Crippen LogP) is 8.06. The van der Waals surface area contributed by atoms with Crippen LogP contribution in [-0.4, -0.2) is 86.2 Å². The van der Waals surface area contributed by atoms with Gasteiger partial charge in [-0.15, -0.1) is 0 Å². The van der Waals surface area contributed by atoms with Gasteiger partial charge in [0.15, 0.2) is 11.6 Å². The van der Waals surface area contributed by atoms with Gasteiger partial charge in [-0.25, -0.2) is 22.2 Å². The number of rotatable bonds is 20. The van der Waals surface area contributed by atoms with Crippen molar-refractivity contribution in [2.75, 3.05) is 39.3 Å². The molecule has 3 aromatic rings. The van der Waals surface area contributed by atoms with Gasteiger partial charge in [-0.3, -0.25) is 14.4 Å². The van der Waals surface area contributed by atoms with Crippen LogP contribution >= 0.6 is 0 Å². The molecule has 17 heteroatoms. The maximum Gasteiger partial charge on any atom is 0.317 e. The zero-order valence-corrected chi connectivity index (χ0v) is 37.5. The lowest BCUT2D eigenvalue weighted by atomic mass is 9.89. The smallest absolute Gasteiger partial charge is 0.317 e. The maximum absolute atomic E-state index is 14.1. The minimum Gasteiger partial charge on any atom is -0.420 e. The second-order valence-corrected chi connectivity index (χ2v) is 18.9. The molecule has 342 valence electrons. The molecule has 0 radical (unpaired) electrons. The first-order chi connectivity index (χ1) is 29.7. The summed E-state index contributed by atoms with van der Waals surface area (Å²) in [6, 6.07) is 12.2. The van der Waals surface area contributed by atoms with E-state index in [0.29, 0.717) is 48.6 Å². The molecule has 2 amide bonds. The molecule has 3 aromatic carbocycles. The number of amides is 2. The Morgan fingerprint density at radius 1 is 0.921 bits per heavy atom. The Hall–Kier alpha value is -5.13. The second kappa shape index (κ2) is 20.6. The van der Waals surface area contributed by atoms with Crippen molar-refractivity contribution < 1.29 is 49.8 Å². The monoisotopic (exact) mass is 899 g/mol. The van der Waals surface area contributed by atoms with Crippen molar-refractivity contribution >= 4 is 45.4 Å². The van der Waals surface area contributed by atoms with Crippen molar-refractivity contribution in [1.82, 2.24) is 14.5 Å². The summed E-state index contributed by atoms with van der Waals surface area (Å²) in [7, 11) is -3.84. The zero-order chi connectivity index (χ0) is 46.3. The number of halogens is 4. The lowest BCUT2D eigenvalue weighted by Gasteiger charge is -2.38. The molecular weight excluding hydrogens is 843 g/mol. The van der Waals surface area contributed by atoms with Gasteiger partial charge in [0.05, 0.1) is 21.6 Å². The van der Waals surface area contributed by atoms with Crippen LogP contribution in [0.2, 0.25) is 0 Å². The van der Waals surface area contributed by atoms with Gasteiger partial charge >= 0.3 is 5.97 Å². The van der Waals surface area contributed by atoms with Crippen LogP contribution in [-0.2, 0) is 29.1 Å². The molecule has 2 heterocycles. The van der Waals surface area contributed by atoms with E-state index in [0.717, 1.165) is 24.0 Å². The number of fused-ring (bicyclic) bond motifs is 1. The molecular formula is C46H57F4N5O7S. The largest absolute Gasteiger partial charge is 0.420 e. The summed E-state index contributed by atoms with van der Waals surface area (Å²) in [5.74, 6) is -9.70. The molecule has 3 N–H and O–H groups in total. The van der Waals surface area contributed by atoms with Gasteiger partial charge in [-0.05, 0) is 88.3 Å². The molecule has 2 aliphatic heterocycles. The van der Waals surface area contributed by atoms with Gasteiger partial charge in [0.1, 0.15) is 5.84 Å². The molecule has 63 heavy (non-hydrogen) atoms. The Balaban J connectivity index is 1.10. The van der Waals surface area contributed by atoms with Crippen molar-refractivity contribution in [2.24, 2.45) is 22.1 Å². The van der Waals surface area contributed by atoms with E-state index in [1.807, 2.05) is 56.0 Å². The standard InChI is InChI=1S/C46H57F4N5O7S/c1-7-18-54(19-8-2)43(57)33-21-32-14-13-31(23-37(32)53-38(51)24-33)30-11-10-12-34(22-30)63(59,60)55-27-29(28-55)26-52-39(56)15-16-46(6,9-3)61-20-17-45(4,5)44(58)62-42-40(49)35(47)25-36(48)41(42)50/h10-14,21-23,25,29H,7-9,15-20,24,26-28H2,1-6H3,(H2,51,53)(H,52,56). The number of benzene rings is 3. The molecule has 12 nitrogen and oxygen atoms in total. The lowest BCUT2D eigenvalue weighted by Crippen LogP contribution is -2.53. The number of ether oxygens (including phenoxy) is 2. The third-order valence-corrected chi connectivity index (χ3v) is 13.3. The van der Waals surface area contributed by atoms with E-state index in [4.69, 9.17) is 15.2 Å². The van der Waals surface area contributed by atoms with Crippen molar-refractivity contribution in [2.45, 2.75) is 97.0 Å². The minimum atomic E-state index is -3.84. The van der Waals surface area contributed by atoms with Crippen molar-refractivity contribution in [3.8, 4) is 16.9 Å². The van der Waals surface area contributed by atoms with Gasteiger partial charge in [-0.1, -0.05) is 45.0 Å². The average Bonchev–Trinajstić information content (AvgIpc) is 3.40. The number of nitrogens with two attached hydrogens (primary N) is 1. The molecule has 0 saturated carbocycles. The first-order valence-corrected chi connectivity index (χ1v) is 22.7. The molecule has 0 spiro atoms. The first kappa shape index (κ1) is 48.9. The second-order valence-electron chi connectivity index (χ2n) is 17.0. The number of aliphatic imine (C=N–C) groups is 1. The van der Waals surface area contributed by atoms with Crippen LogP contribution < -0.4 is 15.8 Å². The summed E-state index contributed by atoms with van der Waals surface area (Å²) < 4.78 is 94.8. The topological polar surface area (TPSA) is 161 Å². The van der Waals surface area contributed by atoms with E-state index in [2.05, 4.69) is 10.3 Å². The highest BCUT2D eigenvalue weighted by Gasteiger charge is 2.38. The van der Waals surface area contributed by atoms with Gasteiger partial charge in [0.2, 0.25) is 39.2 Å². The number of nitrogens with one attached hydrogen (secondary N) is 1. The van der Waals surface area contributed by atoms with Crippen molar-refractivity contribution in [3.05, 3.63) is 82.9 Å². The number of sulfonamides is 1. The summed E-state index contributed by atoms with van der Waals surface area (Å²) >= 11 is 0.